The van der Waals surface area contributed by atoms with Crippen molar-refractivity contribution in [2.45, 2.75) is 121 Å². The smallest absolute Gasteiger partial charge is 0.394 e. The van der Waals surface area contributed by atoms with Crippen LogP contribution in [0, 0.1) is 0 Å². The second kappa shape index (κ2) is 18.1. The van der Waals surface area contributed by atoms with Crippen molar-refractivity contribution in [2.75, 3.05) is 18.6 Å². The van der Waals surface area contributed by atoms with Crippen molar-refractivity contribution in [3.8, 4) is 0 Å². The van der Waals surface area contributed by atoms with E-state index in [0.717, 1.165) is 23.8 Å². The molecule has 1 aliphatic heterocycles. The summed E-state index contributed by atoms with van der Waals surface area (Å²) < 4.78 is 6.31. The number of carbonyl (C=O) groups excluding carboxylic acids is 1. The molecule has 2 rings (SSSR count). The summed E-state index contributed by atoms with van der Waals surface area (Å²) in [5.41, 5.74) is 1.53. The Kier molecular flexibility index (Phi) is 15.2. The lowest BCUT2D eigenvalue weighted by Crippen LogP contribution is -2.36. The molecule has 0 aromatic carbocycles. The molecule has 1 saturated heterocycles. The molecular weight excluding hydrogens is 480 g/mol. The first kappa shape index (κ1) is 31.0. The van der Waals surface area contributed by atoms with E-state index in [-0.39, 0.29) is 5.82 Å². The van der Waals surface area contributed by atoms with Gasteiger partial charge in [-0.3, -0.25) is 4.57 Å². The van der Waals surface area contributed by atoms with Crippen molar-refractivity contribution >= 4 is 11.9 Å². The van der Waals surface area contributed by atoms with Crippen LogP contribution < -0.4 is 16.5 Å². The van der Waals surface area contributed by atoms with Crippen LogP contribution in [0.5, 0.6) is 0 Å². The fourth-order valence-corrected chi connectivity index (χ4v) is 4.42. The Hall–Kier alpha value is -2.21. The van der Waals surface area contributed by atoms with E-state index in [1.165, 1.54) is 82.9 Å². The SMILES string of the molecule is CCCCCCCCCCCCCCCCNC(=O)ONc1ccn([C@@H]2O[C@H](CO)[C@H](O)[C@@H]2O)c(=O)n1. The summed E-state index contributed by atoms with van der Waals surface area (Å²) in [4.78, 5) is 32.7. The molecule has 212 valence electrons. The maximum Gasteiger partial charge on any atom is 0.431 e. The van der Waals surface area contributed by atoms with Crippen molar-refractivity contribution in [1.29, 1.82) is 0 Å². The summed E-state index contributed by atoms with van der Waals surface area (Å²) in [6.07, 6.45) is 13.5. The number of amides is 1. The number of rotatable bonds is 19. The first-order valence-corrected chi connectivity index (χ1v) is 13.9. The number of aromatic nitrogens is 2. The standard InChI is InChI=1S/C26H46N4O7/c1-2-3-4-5-6-7-8-9-10-11-12-13-14-15-17-27-26(35)37-29-21-16-18-30(25(34)28-21)24-23(33)22(32)20(19-31)36-24/h16,18,20,22-24,31-33H,2-15,17,19H2,1H3,(H,27,35)(H,28,29,34)/t20-,22+,23+,24-/m1/s1. The Morgan fingerprint density at radius 1 is 0.973 bits per heavy atom. The normalized spacial score (nSPS) is 21.2. The van der Waals surface area contributed by atoms with Gasteiger partial charge < -0.3 is 30.2 Å². The van der Waals surface area contributed by atoms with E-state index in [0.29, 0.717) is 6.54 Å². The highest BCUT2D eigenvalue weighted by atomic mass is 16.7. The number of hydrogen-bond acceptors (Lipinski definition) is 9. The third-order valence-corrected chi connectivity index (χ3v) is 6.67. The Bertz CT molecular complexity index is 822. The third kappa shape index (κ3) is 11.4. The van der Waals surface area contributed by atoms with E-state index in [1.54, 1.807) is 0 Å². The van der Waals surface area contributed by atoms with Crippen LogP contribution in [0.2, 0.25) is 0 Å². The third-order valence-electron chi connectivity index (χ3n) is 6.67. The predicted octanol–water partition coefficient (Wildman–Crippen LogP) is 3.39. The molecule has 4 atom stereocenters. The summed E-state index contributed by atoms with van der Waals surface area (Å²) in [6, 6.07) is 1.36. The van der Waals surface area contributed by atoms with Crippen molar-refractivity contribution < 1.29 is 29.7 Å². The minimum absolute atomic E-state index is 0.000337. The Morgan fingerprint density at radius 3 is 2.05 bits per heavy atom. The second-order valence-electron chi connectivity index (χ2n) is 9.75. The number of nitrogens with zero attached hydrogens (tertiary/aromatic N) is 2. The van der Waals surface area contributed by atoms with Crippen LogP contribution in [-0.4, -0.2) is 62.4 Å². The average Bonchev–Trinajstić information content (AvgIpc) is 3.18. The van der Waals surface area contributed by atoms with E-state index < -0.39 is 42.9 Å². The highest BCUT2D eigenvalue weighted by molar-refractivity contribution is 5.67. The van der Waals surface area contributed by atoms with Gasteiger partial charge in [-0.05, 0) is 6.42 Å². The lowest BCUT2D eigenvalue weighted by atomic mass is 10.0. The topological polar surface area (TPSA) is 155 Å². The van der Waals surface area contributed by atoms with Crippen molar-refractivity contribution in [3.63, 3.8) is 0 Å². The highest BCUT2D eigenvalue weighted by Crippen LogP contribution is 2.28. The van der Waals surface area contributed by atoms with E-state index in [4.69, 9.17) is 9.57 Å². The first-order chi connectivity index (χ1) is 18.0. The molecule has 11 heteroatoms. The van der Waals surface area contributed by atoms with Gasteiger partial charge in [-0.25, -0.2) is 9.59 Å². The molecule has 11 nitrogen and oxygen atoms in total. The number of carbonyl (C=O) groups is 1. The quantitative estimate of drug-likeness (QED) is 0.135. The zero-order chi connectivity index (χ0) is 26.9. The minimum atomic E-state index is -1.40. The molecule has 37 heavy (non-hydrogen) atoms. The molecular formula is C26H46N4O7. The number of ether oxygens (including phenoxy) is 1. The lowest BCUT2D eigenvalue weighted by Gasteiger charge is -2.17. The van der Waals surface area contributed by atoms with E-state index in [2.05, 4.69) is 22.7 Å². The predicted molar refractivity (Wildman–Crippen MR) is 140 cm³/mol. The Morgan fingerprint density at radius 2 is 1.54 bits per heavy atom. The van der Waals surface area contributed by atoms with Crippen molar-refractivity contribution in [1.82, 2.24) is 14.9 Å². The molecule has 0 bridgehead atoms. The lowest BCUT2D eigenvalue weighted by molar-refractivity contribution is -0.0549. The van der Waals surface area contributed by atoms with Gasteiger partial charge in [-0.2, -0.15) is 10.5 Å². The molecule has 0 radical (unpaired) electrons. The fraction of sp³-hybridized carbons (Fsp3) is 0.808. The van der Waals surface area contributed by atoms with Crippen LogP contribution in [0.1, 0.15) is 103 Å². The van der Waals surface area contributed by atoms with Crippen LogP contribution in [-0.2, 0) is 9.57 Å². The molecule has 1 aromatic heterocycles. The molecule has 1 aromatic rings. The van der Waals surface area contributed by atoms with Crippen molar-refractivity contribution in [3.05, 3.63) is 22.7 Å². The van der Waals surface area contributed by atoms with Crippen molar-refractivity contribution in [2.24, 2.45) is 0 Å². The van der Waals surface area contributed by atoms with Crippen LogP contribution in [0.15, 0.2) is 17.1 Å². The van der Waals surface area contributed by atoms with Crippen LogP contribution in [0.25, 0.3) is 0 Å². The van der Waals surface area contributed by atoms with Crippen LogP contribution in [0.3, 0.4) is 0 Å². The van der Waals surface area contributed by atoms with Crippen LogP contribution >= 0.6 is 0 Å². The summed E-state index contributed by atoms with van der Waals surface area (Å²) >= 11 is 0. The maximum atomic E-state index is 12.3. The summed E-state index contributed by atoms with van der Waals surface area (Å²) in [6.45, 7) is 2.25. The molecule has 1 aliphatic rings. The van der Waals surface area contributed by atoms with E-state index >= 15 is 0 Å². The number of anilines is 1. The number of unbranched alkanes of at least 4 members (excludes halogenated alkanes) is 13. The van der Waals surface area contributed by atoms with E-state index in [9.17, 15) is 24.9 Å². The Labute approximate surface area is 219 Å². The zero-order valence-electron chi connectivity index (χ0n) is 22.1. The van der Waals surface area contributed by atoms with Gasteiger partial charge in [0.1, 0.15) is 18.3 Å². The van der Waals surface area contributed by atoms with Gasteiger partial charge in [0.05, 0.1) is 6.61 Å². The monoisotopic (exact) mass is 526 g/mol. The number of hydrogen-bond donors (Lipinski definition) is 5. The van der Waals surface area contributed by atoms with Gasteiger partial charge in [0.15, 0.2) is 12.0 Å². The maximum absolute atomic E-state index is 12.3. The minimum Gasteiger partial charge on any atom is -0.394 e. The fourth-order valence-electron chi connectivity index (χ4n) is 4.42. The number of nitrogens with one attached hydrogen (secondary N) is 2. The highest BCUT2D eigenvalue weighted by Gasteiger charge is 2.43. The summed E-state index contributed by atoms with van der Waals surface area (Å²) in [7, 11) is 0. The van der Waals surface area contributed by atoms with Gasteiger partial charge in [0.2, 0.25) is 0 Å². The zero-order valence-corrected chi connectivity index (χ0v) is 22.1. The van der Waals surface area contributed by atoms with E-state index in [1.807, 2.05) is 0 Å². The largest absolute Gasteiger partial charge is 0.431 e. The van der Waals surface area contributed by atoms with Gasteiger partial charge in [-0.1, -0.05) is 90.4 Å². The summed E-state index contributed by atoms with van der Waals surface area (Å²) in [5.74, 6) is -0.000337. The molecule has 0 aliphatic carbocycles. The van der Waals surface area contributed by atoms with Gasteiger partial charge in [0.25, 0.3) is 0 Å². The molecule has 1 amide bonds. The summed E-state index contributed by atoms with van der Waals surface area (Å²) in [5, 5.41) is 31.7. The first-order valence-electron chi connectivity index (χ1n) is 13.9. The molecule has 0 unspecified atom stereocenters. The Balaban J connectivity index is 1.49. The second-order valence-corrected chi connectivity index (χ2v) is 9.75. The van der Waals surface area contributed by atoms with Crippen LogP contribution in [0.4, 0.5) is 10.6 Å². The molecule has 5 N–H and O–H groups in total. The van der Waals surface area contributed by atoms with Gasteiger partial charge in [-0.15, -0.1) is 0 Å². The van der Waals surface area contributed by atoms with Gasteiger partial charge >= 0.3 is 11.8 Å². The molecule has 2 heterocycles. The molecule has 0 saturated carbocycles. The van der Waals surface area contributed by atoms with Gasteiger partial charge in [0, 0.05) is 18.8 Å². The number of aliphatic hydroxyl groups excluding tert-OH is 3. The molecule has 0 spiro atoms. The number of aliphatic hydroxyl groups is 3. The average molecular weight is 527 g/mol. The molecule has 1 fully saturated rings.